The van der Waals surface area contributed by atoms with Crippen molar-refractivity contribution in [2.75, 3.05) is 0 Å². The molecule has 0 aliphatic carbocycles. The molecule has 0 radical (unpaired) electrons. The fraction of sp³-hybridized carbons (Fsp3) is 0.0667. The molecule has 84 valence electrons. The molecule has 0 aliphatic rings. The summed E-state index contributed by atoms with van der Waals surface area (Å²) in [5, 5.41) is 1.30. The van der Waals surface area contributed by atoms with Crippen LogP contribution in [0.25, 0.3) is 20.5 Å². The van der Waals surface area contributed by atoms with Crippen LogP contribution in [0.2, 0.25) is 0 Å². The first-order valence-corrected chi connectivity index (χ1v) is 6.47. The van der Waals surface area contributed by atoms with Crippen LogP contribution in [-0.4, -0.2) is 0 Å². The molecule has 1 heterocycles. The van der Waals surface area contributed by atoms with Crippen LogP contribution < -0.4 is 5.73 Å². The van der Waals surface area contributed by atoms with Crippen LogP contribution in [0.1, 0.15) is 5.56 Å². The summed E-state index contributed by atoms with van der Waals surface area (Å²) < 4.78 is 1.33. The molecule has 2 aromatic carbocycles. The summed E-state index contributed by atoms with van der Waals surface area (Å²) >= 11 is 1.82. The zero-order valence-corrected chi connectivity index (χ0v) is 10.2. The minimum atomic E-state index is 0.588. The topological polar surface area (TPSA) is 26.0 Å². The fourth-order valence-electron chi connectivity index (χ4n) is 2.05. The van der Waals surface area contributed by atoms with Gasteiger partial charge in [-0.25, -0.2) is 0 Å². The molecule has 0 saturated heterocycles. The van der Waals surface area contributed by atoms with Gasteiger partial charge in [0, 0.05) is 16.1 Å². The van der Waals surface area contributed by atoms with Gasteiger partial charge in [-0.05, 0) is 28.6 Å². The van der Waals surface area contributed by atoms with Gasteiger partial charge >= 0.3 is 0 Å². The summed E-state index contributed by atoms with van der Waals surface area (Å²) in [5.74, 6) is 0. The van der Waals surface area contributed by atoms with E-state index in [0.29, 0.717) is 6.54 Å². The Morgan fingerprint density at radius 1 is 0.941 bits per heavy atom. The van der Waals surface area contributed by atoms with E-state index in [4.69, 9.17) is 5.73 Å². The summed E-state index contributed by atoms with van der Waals surface area (Å²) in [4.78, 5) is 1.30. The Hall–Kier alpha value is -1.64. The van der Waals surface area contributed by atoms with E-state index in [-0.39, 0.29) is 0 Å². The van der Waals surface area contributed by atoms with Gasteiger partial charge < -0.3 is 5.73 Å². The van der Waals surface area contributed by atoms with Crippen molar-refractivity contribution in [2.24, 2.45) is 5.73 Å². The number of nitrogens with two attached hydrogens (primary N) is 1. The van der Waals surface area contributed by atoms with Gasteiger partial charge in [-0.1, -0.05) is 42.5 Å². The van der Waals surface area contributed by atoms with E-state index < -0.39 is 0 Å². The standard InChI is InChI=1S/C15H13NS/c16-10-12-6-1-3-7-13(12)15-9-11-5-2-4-8-14(11)17-15/h1-9H,10,16H2. The second kappa shape index (κ2) is 4.32. The molecule has 2 heteroatoms. The van der Waals surface area contributed by atoms with E-state index in [0.717, 1.165) is 0 Å². The number of hydrogen-bond acceptors (Lipinski definition) is 2. The van der Waals surface area contributed by atoms with Crippen molar-refractivity contribution in [3.63, 3.8) is 0 Å². The van der Waals surface area contributed by atoms with E-state index in [1.54, 1.807) is 0 Å². The molecule has 17 heavy (non-hydrogen) atoms. The maximum atomic E-state index is 5.79. The third-order valence-electron chi connectivity index (χ3n) is 2.93. The summed E-state index contributed by atoms with van der Waals surface area (Å²) in [6.45, 7) is 0.588. The summed E-state index contributed by atoms with van der Waals surface area (Å²) in [7, 11) is 0. The lowest BCUT2D eigenvalue weighted by Crippen LogP contribution is -1.97. The van der Waals surface area contributed by atoms with Gasteiger partial charge in [0.1, 0.15) is 0 Å². The van der Waals surface area contributed by atoms with Crippen molar-refractivity contribution in [1.82, 2.24) is 0 Å². The van der Waals surface area contributed by atoms with Gasteiger partial charge in [-0.3, -0.25) is 0 Å². The highest BCUT2D eigenvalue weighted by atomic mass is 32.1. The largest absolute Gasteiger partial charge is 0.326 e. The first-order valence-electron chi connectivity index (χ1n) is 5.65. The molecule has 0 fully saturated rings. The monoisotopic (exact) mass is 239 g/mol. The van der Waals surface area contributed by atoms with E-state index in [1.165, 1.54) is 26.1 Å². The first kappa shape index (κ1) is 10.5. The average Bonchev–Trinajstić information content (AvgIpc) is 2.82. The SMILES string of the molecule is NCc1ccccc1-c1cc2ccccc2s1. The molecule has 0 saturated carbocycles. The van der Waals surface area contributed by atoms with Crippen molar-refractivity contribution in [3.8, 4) is 10.4 Å². The van der Waals surface area contributed by atoms with Crippen LogP contribution in [0.5, 0.6) is 0 Å². The van der Waals surface area contributed by atoms with Crippen molar-refractivity contribution >= 4 is 21.4 Å². The molecular weight excluding hydrogens is 226 g/mol. The second-order valence-electron chi connectivity index (χ2n) is 4.01. The Morgan fingerprint density at radius 3 is 2.53 bits per heavy atom. The quantitative estimate of drug-likeness (QED) is 0.718. The van der Waals surface area contributed by atoms with Gasteiger partial charge in [0.2, 0.25) is 0 Å². The highest BCUT2D eigenvalue weighted by molar-refractivity contribution is 7.22. The molecule has 0 aliphatic heterocycles. The van der Waals surface area contributed by atoms with Crippen molar-refractivity contribution < 1.29 is 0 Å². The number of fused-ring (bicyclic) bond motifs is 1. The molecule has 0 unspecified atom stereocenters. The fourth-order valence-corrected chi connectivity index (χ4v) is 3.18. The molecule has 2 N–H and O–H groups in total. The number of hydrogen-bond donors (Lipinski definition) is 1. The number of rotatable bonds is 2. The number of thiophene rings is 1. The molecule has 0 atom stereocenters. The molecule has 1 aromatic heterocycles. The van der Waals surface area contributed by atoms with Gasteiger partial charge in [0.25, 0.3) is 0 Å². The van der Waals surface area contributed by atoms with E-state index in [9.17, 15) is 0 Å². The third kappa shape index (κ3) is 1.86. The lowest BCUT2D eigenvalue weighted by molar-refractivity contribution is 1.08. The average molecular weight is 239 g/mol. The minimum absolute atomic E-state index is 0.588. The second-order valence-corrected chi connectivity index (χ2v) is 5.09. The lowest BCUT2D eigenvalue weighted by Gasteiger charge is -2.04. The summed E-state index contributed by atoms with van der Waals surface area (Å²) in [5.41, 5.74) is 8.25. The van der Waals surface area contributed by atoms with Gasteiger partial charge in [0.15, 0.2) is 0 Å². The smallest absolute Gasteiger partial charge is 0.0358 e. The van der Waals surface area contributed by atoms with E-state index >= 15 is 0 Å². The Labute approximate surface area is 105 Å². The van der Waals surface area contributed by atoms with Crippen LogP contribution >= 0.6 is 11.3 Å². The Morgan fingerprint density at radius 2 is 1.71 bits per heavy atom. The minimum Gasteiger partial charge on any atom is -0.326 e. The predicted molar refractivity (Wildman–Crippen MR) is 75.2 cm³/mol. The van der Waals surface area contributed by atoms with Gasteiger partial charge in [-0.15, -0.1) is 11.3 Å². The van der Waals surface area contributed by atoms with Crippen molar-refractivity contribution in [1.29, 1.82) is 0 Å². The normalized spacial score (nSPS) is 10.9. The summed E-state index contributed by atoms with van der Waals surface area (Å²) in [6.07, 6.45) is 0. The van der Waals surface area contributed by atoms with Crippen LogP contribution in [0, 0.1) is 0 Å². The highest BCUT2D eigenvalue weighted by Crippen LogP contribution is 2.34. The zero-order chi connectivity index (χ0) is 11.7. The Kier molecular flexibility index (Phi) is 2.67. The third-order valence-corrected chi connectivity index (χ3v) is 4.08. The van der Waals surface area contributed by atoms with Crippen LogP contribution in [0.3, 0.4) is 0 Å². The predicted octanol–water partition coefficient (Wildman–Crippen LogP) is 4.03. The van der Waals surface area contributed by atoms with E-state index in [2.05, 4.69) is 48.5 Å². The molecule has 0 bridgehead atoms. The Balaban J connectivity index is 2.20. The van der Waals surface area contributed by atoms with Crippen molar-refractivity contribution in [2.45, 2.75) is 6.54 Å². The molecule has 0 amide bonds. The molecule has 3 aromatic rings. The van der Waals surface area contributed by atoms with Crippen LogP contribution in [0.15, 0.2) is 54.6 Å². The molecular formula is C15H13NS. The highest BCUT2D eigenvalue weighted by Gasteiger charge is 2.06. The summed E-state index contributed by atoms with van der Waals surface area (Å²) in [6, 6.07) is 19.1. The lowest BCUT2D eigenvalue weighted by atomic mass is 10.1. The maximum Gasteiger partial charge on any atom is 0.0358 e. The molecule has 3 rings (SSSR count). The molecule has 1 nitrogen and oxygen atoms in total. The maximum absolute atomic E-state index is 5.79. The van der Waals surface area contributed by atoms with Gasteiger partial charge in [0.05, 0.1) is 0 Å². The van der Waals surface area contributed by atoms with Gasteiger partial charge in [-0.2, -0.15) is 0 Å². The van der Waals surface area contributed by atoms with E-state index in [1.807, 2.05) is 17.4 Å². The first-order chi connectivity index (χ1) is 8.38. The zero-order valence-electron chi connectivity index (χ0n) is 9.39. The molecule has 0 spiro atoms. The van der Waals surface area contributed by atoms with Crippen molar-refractivity contribution in [3.05, 3.63) is 60.2 Å². The van der Waals surface area contributed by atoms with Crippen LogP contribution in [0.4, 0.5) is 0 Å². The van der Waals surface area contributed by atoms with Crippen LogP contribution in [-0.2, 0) is 6.54 Å². The number of benzene rings is 2. The Bertz CT molecular complexity index is 622.